The SMILES string of the molecule is C=C(C)[C@H]1CCC(CO)=C[C@@H]1c1c(O)cc([C@]23CC4CC(C[C@@](CO[N+](=O)[O-])(C4)C2)C3)cc1O. The maximum atomic E-state index is 11.2. The summed E-state index contributed by atoms with van der Waals surface area (Å²) in [5.74, 6) is 0.975. The Labute approximate surface area is 200 Å². The first-order valence-electron chi connectivity index (χ1n) is 12.4. The fraction of sp³-hybridized carbons (Fsp3) is 0.630. The zero-order valence-corrected chi connectivity index (χ0v) is 19.8. The maximum Gasteiger partial charge on any atom is 0.294 e. The van der Waals surface area contributed by atoms with E-state index >= 15 is 0 Å². The van der Waals surface area contributed by atoms with Crippen molar-refractivity contribution in [1.29, 1.82) is 0 Å². The Morgan fingerprint density at radius 2 is 1.85 bits per heavy atom. The molecule has 0 spiro atoms. The standard InChI is InChI=1S/C27H35NO6/c1-16(2)21-4-3-17(13-29)6-22(21)25-23(30)7-20(8-24(25)31)27-11-18-5-19(12-27)10-26(9-18,14-27)15-34-28(32)33/h6-8,18-19,21-22,29-31H,1,3-5,9-15H2,2H3/t18?,19?,21-,22+,26-,27-/m1/s1. The lowest BCUT2D eigenvalue weighted by molar-refractivity contribution is -0.761. The second-order valence-corrected chi connectivity index (χ2v) is 11.7. The number of nitrogens with zero attached hydrogens (tertiary/aromatic N) is 1. The molecular formula is C27H35NO6. The normalized spacial score (nSPS) is 36.2. The van der Waals surface area contributed by atoms with Crippen molar-refractivity contribution in [3.63, 3.8) is 0 Å². The molecule has 0 aliphatic heterocycles. The van der Waals surface area contributed by atoms with Gasteiger partial charge in [0.25, 0.3) is 5.09 Å². The fourth-order valence-electron chi connectivity index (χ4n) is 8.36. The van der Waals surface area contributed by atoms with Gasteiger partial charge in [-0.3, -0.25) is 0 Å². The molecule has 7 nitrogen and oxygen atoms in total. The first kappa shape index (κ1) is 23.2. The number of aliphatic hydroxyl groups is 1. The minimum atomic E-state index is -0.686. The van der Waals surface area contributed by atoms with E-state index in [4.69, 9.17) is 4.84 Å². The van der Waals surface area contributed by atoms with Crippen LogP contribution in [0.25, 0.3) is 0 Å². The molecule has 7 heteroatoms. The van der Waals surface area contributed by atoms with Crippen molar-refractivity contribution in [2.75, 3.05) is 13.2 Å². The number of allylic oxidation sites excluding steroid dienone is 2. The summed E-state index contributed by atoms with van der Waals surface area (Å²) in [7, 11) is 0. The van der Waals surface area contributed by atoms with Crippen LogP contribution in [-0.4, -0.2) is 33.6 Å². The highest BCUT2D eigenvalue weighted by Crippen LogP contribution is 2.66. The number of aliphatic hydroxyl groups excluding tert-OH is 1. The monoisotopic (exact) mass is 469 g/mol. The van der Waals surface area contributed by atoms with Crippen molar-refractivity contribution in [2.45, 2.75) is 69.6 Å². The van der Waals surface area contributed by atoms with E-state index in [-0.39, 0.29) is 47.4 Å². The molecule has 5 aliphatic rings. The summed E-state index contributed by atoms with van der Waals surface area (Å²) in [5.41, 5.74) is 2.92. The molecule has 5 aliphatic carbocycles. The lowest BCUT2D eigenvalue weighted by atomic mass is 9.43. The number of hydrogen-bond donors (Lipinski definition) is 3. The molecule has 1 aromatic carbocycles. The quantitative estimate of drug-likeness (QED) is 0.290. The molecule has 0 aromatic heterocycles. The molecule has 4 fully saturated rings. The molecule has 4 atom stereocenters. The number of rotatable bonds is 7. The highest BCUT2D eigenvalue weighted by molar-refractivity contribution is 5.54. The van der Waals surface area contributed by atoms with Gasteiger partial charge in [-0.25, -0.2) is 0 Å². The molecule has 34 heavy (non-hydrogen) atoms. The molecule has 184 valence electrons. The summed E-state index contributed by atoms with van der Waals surface area (Å²) in [6.07, 6.45) is 9.37. The largest absolute Gasteiger partial charge is 0.507 e. The first-order valence-corrected chi connectivity index (χ1v) is 12.4. The van der Waals surface area contributed by atoms with E-state index in [9.17, 15) is 25.4 Å². The van der Waals surface area contributed by atoms with Gasteiger partial charge in [-0.05, 0) is 110 Å². The van der Waals surface area contributed by atoms with Crippen molar-refractivity contribution < 1.29 is 25.2 Å². The molecule has 4 bridgehead atoms. The first-order chi connectivity index (χ1) is 16.1. The number of hydrogen-bond acceptors (Lipinski definition) is 6. The van der Waals surface area contributed by atoms with E-state index in [1.807, 2.05) is 25.1 Å². The van der Waals surface area contributed by atoms with Crippen molar-refractivity contribution in [2.24, 2.45) is 23.2 Å². The van der Waals surface area contributed by atoms with E-state index < -0.39 is 5.09 Å². The third-order valence-corrected chi connectivity index (χ3v) is 9.20. The maximum absolute atomic E-state index is 11.2. The second kappa shape index (κ2) is 8.29. The van der Waals surface area contributed by atoms with Crippen LogP contribution in [0.2, 0.25) is 0 Å². The van der Waals surface area contributed by atoms with Gasteiger partial charge < -0.3 is 20.2 Å². The molecule has 6 rings (SSSR count). The van der Waals surface area contributed by atoms with Crippen molar-refractivity contribution in [3.8, 4) is 11.5 Å². The van der Waals surface area contributed by atoms with Crippen LogP contribution in [0.3, 0.4) is 0 Å². The summed E-state index contributed by atoms with van der Waals surface area (Å²) >= 11 is 0. The Kier molecular flexibility index (Phi) is 5.66. The van der Waals surface area contributed by atoms with E-state index in [1.54, 1.807) is 0 Å². The van der Waals surface area contributed by atoms with E-state index in [2.05, 4.69) is 6.58 Å². The van der Waals surface area contributed by atoms with Gasteiger partial charge in [0.15, 0.2) is 0 Å². The zero-order valence-electron chi connectivity index (χ0n) is 19.8. The molecule has 0 radical (unpaired) electrons. The number of aromatic hydroxyl groups is 2. The zero-order chi connectivity index (χ0) is 24.3. The summed E-state index contributed by atoms with van der Waals surface area (Å²) in [5, 5.41) is 42.4. The average Bonchev–Trinajstić information content (AvgIpc) is 2.76. The Hall–Kier alpha value is -2.54. The van der Waals surface area contributed by atoms with Crippen molar-refractivity contribution in [3.05, 3.63) is 57.2 Å². The Bertz CT molecular complexity index is 1010. The number of benzene rings is 1. The molecule has 4 saturated carbocycles. The number of phenolic OH excluding ortho intramolecular Hbond substituents is 2. The lowest BCUT2D eigenvalue weighted by Crippen LogP contribution is -2.55. The molecule has 3 N–H and O–H groups in total. The second-order valence-electron chi connectivity index (χ2n) is 11.7. The van der Waals surface area contributed by atoms with Gasteiger partial charge in [0.05, 0.1) is 6.61 Å². The van der Waals surface area contributed by atoms with E-state index in [1.165, 1.54) is 0 Å². The minimum Gasteiger partial charge on any atom is -0.507 e. The van der Waals surface area contributed by atoms with Crippen LogP contribution >= 0.6 is 0 Å². The highest BCUT2D eigenvalue weighted by atomic mass is 16.9. The summed E-state index contributed by atoms with van der Waals surface area (Å²) < 4.78 is 0. The summed E-state index contributed by atoms with van der Waals surface area (Å²) in [6.45, 7) is 6.20. The third kappa shape index (κ3) is 3.88. The molecule has 1 aromatic rings. The van der Waals surface area contributed by atoms with Crippen LogP contribution in [0.1, 0.15) is 75.3 Å². The van der Waals surface area contributed by atoms with Gasteiger partial charge >= 0.3 is 0 Å². The van der Waals surface area contributed by atoms with Crippen molar-refractivity contribution in [1.82, 2.24) is 0 Å². The molecule has 2 unspecified atom stereocenters. The van der Waals surface area contributed by atoms with Crippen LogP contribution < -0.4 is 0 Å². The van der Waals surface area contributed by atoms with Gasteiger partial charge in [-0.15, -0.1) is 10.1 Å². The Balaban J connectivity index is 1.51. The highest BCUT2D eigenvalue weighted by Gasteiger charge is 2.58. The topological polar surface area (TPSA) is 113 Å². The van der Waals surface area contributed by atoms with Crippen LogP contribution in [0.15, 0.2) is 35.9 Å². The molecule has 0 heterocycles. The lowest BCUT2D eigenvalue weighted by Gasteiger charge is -2.62. The van der Waals surface area contributed by atoms with Gasteiger partial charge in [0.1, 0.15) is 18.1 Å². The van der Waals surface area contributed by atoms with E-state index in [0.29, 0.717) is 17.4 Å². The third-order valence-electron chi connectivity index (χ3n) is 9.20. The van der Waals surface area contributed by atoms with Gasteiger partial charge in [0.2, 0.25) is 0 Å². The molecule has 0 amide bonds. The van der Waals surface area contributed by atoms with Crippen LogP contribution in [0, 0.1) is 33.3 Å². The summed E-state index contributed by atoms with van der Waals surface area (Å²) in [6, 6.07) is 3.64. The minimum absolute atomic E-state index is 0.0286. The molecule has 0 saturated heterocycles. The number of phenols is 2. The average molecular weight is 470 g/mol. The van der Waals surface area contributed by atoms with Crippen LogP contribution in [0.5, 0.6) is 11.5 Å². The van der Waals surface area contributed by atoms with E-state index in [0.717, 1.165) is 68.1 Å². The Morgan fingerprint density at radius 1 is 1.21 bits per heavy atom. The van der Waals surface area contributed by atoms with Gasteiger partial charge in [-0.2, -0.15) is 0 Å². The van der Waals surface area contributed by atoms with Gasteiger partial charge in [-0.1, -0.05) is 18.2 Å². The van der Waals surface area contributed by atoms with Crippen LogP contribution in [-0.2, 0) is 10.3 Å². The van der Waals surface area contributed by atoms with Crippen molar-refractivity contribution >= 4 is 0 Å². The predicted octanol–water partition coefficient (Wildman–Crippen LogP) is 5.13. The Morgan fingerprint density at radius 3 is 2.41 bits per heavy atom. The van der Waals surface area contributed by atoms with Crippen LogP contribution in [0.4, 0.5) is 0 Å². The molecular weight excluding hydrogens is 434 g/mol. The fourth-order valence-corrected chi connectivity index (χ4v) is 8.36. The van der Waals surface area contributed by atoms with Gasteiger partial charge in [0, 0.05) is 11.5 Å². The smallest absolute Gasteiger partial charge is 0.294 e. The summed E-state index contributed by atoms with van der Waals surface area (Å²) in [4.78, 5) is 15.8. The predicted molar refractivity (Wildman–Crippen MR) is 127 cm³/mol.